The SMILES string of the molecule is O=c1[nH]c2ccc(O)c(-c3ccc(CN4CCOCC4)c(F)c3)c2c2ccsc12. The van der Waals surface area contributed by atoms with Gasteiger partial charge in [0.25, 0.3) is 5.56 Å². The molecule has 1 fully saturated rings. The van der Waals surface area contributed by atoms with E-state index in [1.54, 1.807) is 12.1 Å². The van der Waals surface area contributed by atoms with Crippen molar-refractivity contribution in [2.24, 2.45) is 0 Å². The van der Waals surface area contributed by atoms with Crippen molar-refractivity contribution in [2.75, 3.05) is 26.3 Å². The number of rotatable bonds is 3. The van der Waals surface area contributed by atoms with Gasteiger partial charge in [0.1, 0.15) is 16.3 Å². The molecule has 0 bridgehead atoms. The number of ether oxygens (including phenoxy) is 1. The van der Waals surface area contributed by atoms with E-state index < -0.39 is 0 Å². The number of aromatic hydroxyl groups is 1. The molecule has 2 aromatic heterocycles. The summed E-state index contributed by atoms with van der Waals surface area (Å²) < 4.78 is 20.9. The van der Waals surface area contributed by atoms with Gasteiger partial charge in [-0.15, -0.1) is 11.3 Å². The van der Waals surface area contributed by atoms with Crippen LogP contribution < -0.4 is 5.56 Å². The number of nitrogens with zero attached hydrogens (tertiary/aromatic N) is 1. The van der Waals surface area contributed by atoms with Crippen LogP contribution in [0.5, 0.6) is 5.75 Å². The molecule has 1 saturated heterocycles. The van der Waals surface area contributed by atoms with E-state index in [4.69, 9.17) is 4.74 Å². The third-order valence-electron chi connectivity index (χ3n) is 5.41. The minimum Gasteiger partial charge on any atom is -0.507 e. The molecule has 1 aliphatic heterocycles. The first-order valence-electron chi connectivity index (χ1n) is 9.46. The average Bonchev–Trinajstić information content (AvgIpc) is 3.22. The zero-order chi connectivity index (χ0) is 20.0. The number of hydrogen-bond donors (Lipinski definition) is 2. The lowest BCUT2D eigenvalue weighted by Crippen LogP contribution is -2.35. The fourth-order valence-corrected chi connectivity index (χ4v) is 4.76. The van der Waals surface area contributed by atoms with Crippen LogP contribution >= 0.6 is 11.3 Å². The molecule has 2 aromatic carbocycles. The Kier molecular flexibility index (Phi) is 4.58. The Morgan fingerprint density at radius 3 is 2.79 bits per heavy atom. The summed E-state index contributed by atoms with van der Waals surface area (Å²) in [5, 5.41) is 13.9. The maximum absolute atomic E-state index is 14.9. The number of morpholine rings is 1. The van der Waals surface area contributed by atoms with E-state index in [9.17, 15) is 14.3 Å². The summed E-state index contributed by atoms with van der Waals surface area (Å²) in [7, 11) is 0. The molecule has 5 nitrogen and oxygen atoms in total. The smallest absolute Gasteiger partial charge is 0.266 e. The van der Waals surface area contributed by atoms with Crippen molar-refractivity contribution in [3.63, 3.8) is 0 Å². The standard InChI is InChI=1S/C22H19FN2O3S/c23-16-11-13(1-2-14(16)12-25-6-8-28-9-7-25)19-18(26)4-3-17-20(19)15-5-10-29-21(15)22(27)24-17/h1-5,10-11,26H,6-9,12H2,(H,24,27). The first-order chi connectivity index (χ1) is 14.1. The van der Waals surface area contributed by atoms with Gasteiger partial charge in [0.15, 0.2) is 0 Å². The van der Waals surface area contributed by atoms with E-state index >= 15 is 0 Å². The topological polar surface area (TPSA) is 65.6 Å². The van der Waals surface area contributed by atoms with E-state index in [0.717, 1.165) is 23.9 Å². The Morgan fingerprint density at radius 2 is 2.00 bits per heavy atom. The van der Waals surface area contributed by atoms with Crippen LogP contribution in [-0.2, 0) is 11.3 Å². The quantitative estimate of drug-likeness (QED) is 0.534. The van der Waals surface area contributed by atoms with Crippen LogP contribution in [0.1, 0.15) is 5.56 Å². The Morgan fingerprint density at radius 1 is 1.17 bits per heavy atom. The summed E-state index contributed by atoms with van der Waals surface area (Å²) in [5.41, 5.74) is 2.18. The highest BCUT2D eigenvalue weighted by atomic mass is 32.1. The van der Waals surface area contributed by atoms with Gasteiger partial charge < -0.3 is 14.8 Å². The lowest BCUT2D eigenvalue weighted by atomic mass is 9.96. The Balaban J connectivity index is 1.64. The largest absolute Gasteiger partial charge is 0.507 e. The lowest BCUT2D eigenvalue weighted by molar-refractivity contribution is 0.0337. The summed E-state index contributed by atoms with van der Waals surface area (Å²) in [5.74, 6) is -0.256. The molecule has 0 radical (unpaired) electrons. The number of halogens is 1. The number of pyridine rings is 1. The molecule has 2 N–H and O–H groups in total. The summed E-state index contributed by atoms with van der Waals surface area (Å²) in [4.78, 5) is 17.3. The summed E-state index contributed by atoms with van der Waals surface area (Å²) >= 11 is 1.35. The number of aromatic nitrogens is 1. The molecule has 7 heteroatoms. The molecule has 148 valence electrons. The van der Waals surface area contributed by atoms with Crippen molar-refractivity contribution < 1.29 is 14.2 Å². The number of hydrogen-bond acceptors (Lipinski definition) is 5. The van der Waals surface area contributed by atoms with Crippen LogP contribution in [-0.4, -0.2) is 41.3 Å². The number of phenolic OH excluding ortho intramolecular Hbond substituents is 1. The second-order valence-corrected chi connectivity index (χ2v) is 8.11. The van der Waals surface area contributed by atoms with E-state index in [-0.39, 0.29) is 17.1 Å². The predicted molar refractivity (Wildman–Crippen MR) is 113 cm³/mol. The second kappa shape index (κ2) is 7.26. The summed E-state index contributed by atoms with van der Waals surface area (Å²) in [6, 6.07) is 10.1. The molecule has 0 saturated carbocycles. The van der Waals surface area contributed by atoms with Crippen molar-refractivity contribution in [1.82, 2.24) is 9.88 Å². The fraction of sp³-hybridized carbons (Fsp3) is 0.227. The number of aromatic amines is 1. The molecule has 3 heterocycles. The van der Waals surface area contributed by atoms with Crippen LogP contribution in [0, 0.1) is 5.82 Å². The zero-order valence-electron chi connectivity index (χ0n) is 15.6. The maximum atomic E-state index is 14.9. The minimum atomic E-state index is -0.309. The Labute approximate surface area is 170 Å². The average molecular weight is 410 g/mol. The number of thiophene rings is 1. The second-order valence-electron chi connectivity index (χ2n) is 7.19. The van der Waals surface area contributed by atoms with Gasteiger partial charge in [-0.3, -0.25) is 9.69 Å². The molecule has 1 aliphatic rings. The van der Waals surface area contributed by atoms with Gasteiger partial charge in [-0.2, -0.15) is 0 Å². The van der Waals surface area contributed by atoms with Crippen LogP contribution in [0.25, 0.3) is 32.1 Å². The zero-order valence-corrected chi connectivity index (χ0v) is 16.4. The summed E-state index contributed by atoms with van der Waals surface area (Å²) in [6.07, 6.45) is 0. The predicted octanol–water partition coefficient (Wildman–Crippen LogP) is 4.09. The highest BCUT2D eigenvalue weighted by molar-refractivity contribution is 7.17. The van der Waals surface area contributed by atoms with Crippen LogP contribution in [0.2, 0.25) is 0 Å². The third-order valence-corrected chi connectivity index (χ3v) is 6.32. The normalized spacial score (nSPS) is 15.3. The fourth-order valence-electron chi connectivity index (χ4n) is 3.96. The van der Waals surface area contributed by atoms with Gasteiger partial charge in [-0.1, -0.05) is 12.1 Å². The molecule has 0 amide bonds. The number of nitrogens with one attached hydrogen (secondary N) is 1. The number of fused-ring (bicyclic) bond motifs is 3. The molecular weight excluding hydrogens is 391 g/mol. The summed E-state index contributed by atoms with van der Waals surface area (Å²) in [6.45, 7) is 3.43. The maximum Gasteiger partial charge on any atom is 0.266 e. The van der Waals surface area contributed by atoms with Gasteiger partial charge in [-0.25, -0.2) is 4.39 Å². The van der Waals surface area contributed by atoms with Crippen LogP contribution in [0.4, 0.5) is 4.39 Å². The van der Waals surface area contributed by atoms with Gasteiger partial charge >= 0.3 is 0 Å². The van der Waals surface area contributed by atoms with E-state index in [1.165, 1.54) is 23.5 Å². The van der Waals surface area contributed by atoms with Crippen LogP contribution in [0.15, 0.2) is 46.6 Å². The third kappa shape index (κ3) is 3.21. The molecular formula is C22H19FN2O3S. The number of benzene rings is 2. The molecule has 5 rings (SSSR count). The monoisotopic (exact) mass is 410 g/mol. The Bertz CT molecular complexity index is 1270. The van der Waals surface area contributed by atoms with Gasteiger partial charge in [-0.05, 0) is 35.2 Å². The minimum absolute atomic E-state index is 0.0531. The lowest BCUT2D eigenvalue weighted by Gasteiger charge is -2.26. The number of H-pyrrole nitrogens is 1. The molecule has 0 spiro atoms. The Hall–Kier alpha value is -2.74. The van der Waals surface area contributed by atoms with E-state index in [1.807, 2.05) is 17.5 Å². The van der Waals surface area contributed by atoms with Crippen molar-refractivity contribution in [3.05, 3.63) is 63.5 Å². The van der Waals surface area contributed by atoms with Crippen LogP contribution in [0.3, 0.4) is 0 Å². The van der Waals surface area contributed by atoms with Gasteiger partial charge in [0.05, 0.1) is 13.2 Å². The molecule has 4 aromatic rings. The van der Waals surface area contributed by atoms with Crippen molar-refractivity contribution >= 4 is 32.3 Å². The molecule has 29 heavy (non-hydrogen) atoms. The van der Waals surface area contributed by atoms with Crippen molar-refractivity contribution in [2.45, 2.75) is 6.54 Å². The van der Waals surface area contributed by atoms with Crippen molar-refractivity contribution in [1.29, 1.82) is 0 Å². The molecule has 0 unspecified atom stereocenters. The van der Waals surface area contributed by atoms with Gasteiger partial charge in [0.2, 0.25) is 0 Å². The van der Waals surface area contributed by atoms with E-state index in [2.05, 4.69) is 9.88 Å². The highest BCUT2D eigenvalue weighted by Crippen LogP contribution is 2.40. The first-order valence-corrected chi connectivity index (χ1v) is 10.3. The highest BCUT2D eigenvalue weighted by Gasteiger charge is 2.18. The first kappa shape index (κ1) is 18.3. The van der Waals surface area contributed by atoms with E-state index in [0.29, 0.717) is 46.7 Å². The molecule has 0 aliphatic carbocycles. The molecule has 0 atom stereocenters. The van der Waals surface area contributed by atoms with Gasteiger partial charge in [0, 0.05) is 47.1 Å². The number of phenols is 1. The van der Waals surface area contributed by atoms with Crippen molar-refractivity contribution in [3.8, 4) is 16.9 Å².